The molecule has 1 aromatic carbocycles. The van der Waals surface area contributed by atoms with Gasteiger partial charge in [0, 0.05) is 18.7 Å². The minimum absolute atomic E-state index is 0.122. The van der Waals surface area contributed by atoms with Crippen molar-refractivity contribution in [2.24, 2.45) is 5.92 Å². The Hall–Kier alpha value is -2.11. The summed E-state index contributed by atoms with van der Waals surface area (Å²) in [5, 5.41) is 20.1. The number of benzene rings is 1. The van der Waals surface area contributed by atoms with E-state index in [9.17, 15) is 14.9 Å². The Labute approximate surface area is 110 Å². The number of nitro benzene ring substituents is 1. The number of aliphatic carboxylic acids is 1. The standard InChI is InChI=1S/C13H16N2O4/c1-9-3-2-4-11(12(9)15(18)19)14-7-5-10(6-8-14)13(16)17/h2-4,10H,5-8H2,1H3,(H,16,17). The monoisotopic (exact) mass is 264 g/mol. The molecule has 1 aromatic rings. The van der Waals surface area contributed by atoms with E-state index in [0.717, 1.165) is 0 Å². The highest BCUT2D eigenvalue weighted by molar-refractivity contribution is 5.71. The molecule has 6 nitrogen and oxygen atoms in total. The second kappa shape index (κ2) is 5.26. The van der Waals surface area contributed by atoms with Crippen LogP contribution in [0.3, 0.4) is 0 Å². The number of hydrogen-bond donors (Lipinski definition) is 1. The summed E-state index contributed by atoms with van der Waals surface area (Å²) < 4.78 is 0. The molecule has 6 heteroatoms. The molecular formula is C13H16N2O4. The van der Waals surface area contributed by atoms with Gasteiger partial charge in [0.2, 0.25) is 0 Å². The summed E-state index contributed by atoms with van der Waals surface area (Å²) in [6.45, 7) is 2.80. The first-order chi connectivity index (χ1) is 9.00. The fourth-order valence-electron chi connectivity index (χ4n) is 2.50. The van der Waals surface area contributed by atoms with Crippen LogP contribution in [0.15, 0.2) is 18.2 Å². The zero-order valence-electron chi connectivity index (χ0n) is 10.7. The Balaban J connectivity index is 2.22. The van der Waals surface area contributed by atoms with Crippen LogP contribution in [0.2, 0.25) is 0 Å². The summed E-state index contributed by atoms with van der Waals surface area (Å²) in [5.41, 5.74) is 1.34. The number of carboxylic acids is 1. The van der Waals surface area contributed by atoms with Gasteiger partial charge in [-0.1, -0.05) is 12.1 Å². The van der Waals surface area contributed by atoms with E-state index in [-0.39, 0.29) is 16.5 Å². The molecule has 102 valence electrons. The molecule has 1 fully saturated rings. The van der Waals surface area contributed by atoms with Crippen molar-refractivity contribution >= 4 is 17.3 Å². The Morgan fingerprint density at radius 2 is 2.05 bits per heavy atom. The molecule has 1 aliphatic rings. The first kappa shape index (κ1) is 13.3. The predicted octanol–water partition coefficient (Wildman–Crippen LogP) is 2.20. The average Bonchev–Trinajstić information content (AvgIpc) is 2.38. The number of hydrogen-bond acceptors (Lipinski definition) is 4. The van der Waals surface area contributed by atoms with E-state index in [1.54, 1.807) is 25.1 Å². The maximum Gasteiger partial charge on any atom is 0.306 e. The van der Waals surface area contributed by atoms with Gasteiger partial charge >= 0.3 is 5.97 Å². The van der Waals surface area contributed by atoms with E-state index in [1.165, 1.54) is 0 Å². The highest BCUT2D eigenvalue weighted by Gasteiger charge is 2.28. The molecule has 0 aliphatic carbocycles. The summed E-state index contributed by atoms with van der Waals surface area (Å²) in [6, 6.07) is 5.23. The van der Waals surface area contributed by atoms with Gasteiger partial charge in [0.15, 0.2) is 0 Å². The quantitative estimate of drug-likeness (QED) is 0.668. The van der Waals surface area contributed by atoms with E-state index in [2.05, 4.69) is 0 Å². The van der Waals surface area contributed by atoms with Gasteiger partial charge < -0.3 is 10.0 Å². The Morgan fingerprint density at radius 3 is 2.58 bits per heavy atom. The van der Waals surface area contributed by atoms with Crippen LogP contribution >= 0.6 is 0 Å². The van der Waals surface area contributed by atoms with Crippen molar-refractivity contribution in [3.8, 4) is 0 Å². The molecule has 1 saturated heterocycles. The molecule has 19 heavy (non-hydrogen) atoms. The van der Waals surface area contributed by atoms with E-state index >= 15 is 0 Å². The molecule has 0 unspecified atom stereocenters. The van der Waals surface area contributed by atoms with E-state index in [4.69, 9.17) is 5.11 Å². The summed E-state index contributed by atoms with van der Waals surface area (Å²) in [4.78, 5) is 23.6. The average molecular weight is 264 g/mol. The lowest BCUT2D eigenvalue weighted by molar-refractivity contribution is -0.384. The third kappa shape index (κ3) is 2.67. The lowest BCUT2D eigenvalue weighted by atomic mass is 9.96. The van der Waals surface area contributed by atoms with Crippen LogP contribution < -0.4 is 4.90 Å². The molecule has 0 spiro atoms. The molecule has 2 rings (SSSR count). The van der Waals surface area contributed by atoms with Crippen molar-refractivity contribution in [1.29, 1.82) is 0 Å². The maximum absolute atomic E-state index is 11.1. The van der Waals surface area contributed by atoms with E-state index in [0.29, 0.717) is 37.2 Å². The van der Waals surface area contributed by atoms with Gasteiger partial charge in [-0.3, -0.25) is 14.9 Å². The summed E-state index contributed by atoms with van der Waals surface area (Å²) >= 11 is 0. The van der Waals surface area contributed by atoms with Gasteiger partial charge in [-0.05, 0) is 25.8 Å². The van der Waals surface area contributed by atoms with E-state index in [1.807, 2.05) is 4.90 Å². The third-order valence-electron chi connectivity index (χ3n) is 3.58. The molecule has 0 aromatic heterocycles. The van der Waals surface area contributed by atoms with Crippen molar-refractivity contribution < 1.29 is 14.8 Å². The van der Waals surface area contributed by atoms with Crippen LogP contribution in [-0.4, -0.2) is 29.1 Å². The van der Waals surface area contributed by atoms with Gasteiger partial charge in [-0.25, -0.2) is 0 Å². The number of aryl methyl sites for hydroxylation is 1. The zero-order chi connectivity index (χ0) is 14.0. The van der Waals surface area contributed by atoms with Crippen LogP contribution in [0.1, 0.15) is 18.4 Å². The smallest absolute Gasteiger partial charge is 0.306 e. The van der Waals surface area contributed by atoms with E-state index < -0.39 is 5.97 Å². The third-order valence-corrected chi connectivity index (χ3v) is 3.58. The number of carbonyl (C=O) groups is 1. The fraction of sp³-hybridized carbons (Fsp3) is 0.462. The molecule has 0 bridgehead atoms. The van der Waals surface area contributed by atoms with Crippen molar-refractivity contribution in [2.45, 2.75) is 19.8 Å². The minimum atomic E-state index is -0.779. The summed E-state index contributed by atoms with van der Waals surface area (Å²) in [7, 11) is 0. The largest absolute Gasteiger partial charge is 0.481 e. The minimum Gasteiger partial charge on any atom is -0.481 e. The maximum atomic E-state index is 11.1. The highest BCUT2D eigenvalue weighted by Crippen LogP contribution is 2.33. The molecule has 1 N–H and O–H groups in total. The van der Waals surface area contributed by atoms with Gasteiger partial charge in [0.1, 0.15) is 5.69 Å². The van der Waals surface area contributed by atoms with Crippen LogP contribution in [0.5, 0.6) is 0 Å². The van der Waals surface area contributed by atoms with Crippen molar-refractivity contribution in [3.63, 3.8) is 0 Å². The van der Waals surface area contributed by atoms with Gasteiger partial charge in [0.05, 0.1) is 10.8 Å². The van der Waals surface area contributed by atoms with Crippen molar-refractivity contribution in [2.75, 3.05) is 18.0 Å². The number of nitro groups is 1. The SMILES string of the molecule is Cc1cccc(N2CCC(C(=O)O)CC2)c1[N+](=O)[O-]. The van der Waals surface area contributed by atoms with Gasteiger partial charge in [-0.2, -0.15) is 0 Å². The molecule has 0 saturated carbocycles. The summed E-state index contributed by atoms with van der Waals surface area (Å²) in [6.07, 6.45) is 1.06. The first-order valence-electron chi connectivity index (χ1n) is 6.22. The van der Waals surface area contributed by atoms with Crippen LogP contribution in [-0.2, 0) is 4.79 Å². The zero-order valence-corrected chi connectivity index (χ0v) is 10.7. The lowest BCUT2D eigenvalue weighted by Gasteiger charge is -2.31. The Morgan fingerprint density at radius 1 is 1.42 bits per heavy atom. The van der Waals surface area contributed by atoms with Crippen molar-refractivity contribution in [3.05, 3.63) is 33.9 Å². The second-order valence-electron chi connectivity index (χ2n) is 4.80. The number of nitrogens with zero attached hydrogens (tertiary/aromatic N) is 2. The molecule has 0 atom stereocenters. The highest BCUT2D eigenvalue weighted by atomic mass is 16.6. The molecule has 1 aliphatic heterocycles. The normalized spacial score (nSPS) is 16.4. The molecular weight excluding hydrogens is 248 g/mol. The van der Waals surface area contributed by atoms with Crippen molar-refractivity contribution in [1.82, 2.24) is 0 Å². The fourth-order valence-corrected chi connectivity index (χ4v) is 2.50. The number of anilines is 1. The number of piperidine rings is 1. The van der Waals surface area contributed by atoms with Gasteiger partial charge in [0.25, 0.3) is 5.69 Å². The number of para-hydroxylation sites is 1. The topological polar surface area (TPSA) is 83.7 Å². The van der Waals surface area contributed by atoms with Crippen LogP contribution in [0, 0.1) is 23.0 Å². The number of rotatable bonds is 3. The lowest BCUT2D eigenvalue weighted by Crippen LogP contribution is -2.36. The molecule has 0 radical (unpaired) electrons. The molecule has 1 heterocycles. The Kier molecular flexibility index (Phi) is 3.69. The second-order valence-corrected chi connectivity index (χ2v) is 4.80. The summed E-state index contributed by atoms with van der Waals surface area (Å²) in [5.74, 6) is -1.11. The van der Waals surface area contributed by atoms with Crippen LogP contribution in [0.4, 0.5) is 11.4 Å². The first-order valence-corrected chi connectivity index (χ1v) is 6.22. The number of carboxylic acid groups (broad SMARTS) is 1. The molecule has 0 amide bonds. The predicted molar refractivity (Wildman–Crippen MR) is 70.4 cm³/mol. The Bertz CT molecular complexity index is 507. The van der Waals surface area contributed by atoms with Gasteiger partial charge in [-0.15, -0.1) is 0 Å². The van der Waals surface area contributed by atoms with Crippen LogP contribution in [0.25, 0.3) is 0 Å².